The van der Waals surface area contributed by atoms with Crippen LogP contribution in [0, 0.1) is 0 Å². The van der Waals surface area contributed by atoms with Gasteiger partial charge in [0.15, 0.2) is 0 Å². The smallest absolute Gasteiger partial charge is 0.280 e. The van der Waals surface area contributed by atoms with Crippen LogP contribution in [-0.2, 0) is 19.4 Å². The Hall–Kier alpha value is -2.09. The molecule has 0 bridgehead atoms. The molecule has 0 amide bonds. The van der Waals surface area contributed by atoms with Crippen LogP contribution in [0.4, 0.5) is 14.5 Å². The summed E-state index contributed by atoms with van der Waals surface area (Å²) in [7, 11) is 2.18. The minimum Gasteiger partial charge on any atom is -0.365 e. The van der Waals surface area contributed by atoms with Gasteiger partial charge in [0.1, 0.15) is 0 Å². The number of rotatable bonds is 4. The van der Waals surface area contributed by atoms with Gasteiger partial charge in [0.2, 0.25) is 0 Å². The zero-order valence-corrected chi connectivity index (χ0v) is 18.7. The van der Waals surface area contributed by atoms with Crippen LogP contribution < -0.4 is 16.0 Å². The zero-order chi connectivity index (χ0) is 22.3. The van der Waals surface area contributed by atoms with Gasteiger partial charge in [0.05, 0.1) is 24.3 Å². The van der Waals surface area contributed by atoms with Gasteiger partial charge in [-0.05, 0) is 68.0 Å². The number of aryl methyl sites for hydroxylation is 1. The molecule has 3 heterocycles. The number of nitrogens with two attached hydrogens (primary N) is 1. The SMILES string of the molecule is CN(C[C@@H]1Cc2c(cccc2N2CCC(N)C(F)(F)C2)CN1)[C@H]1CCCc2cccnc21. The average molecular weight is 442 g/mol. The molecule has 2 aliphatic heterocycles. The van der Waals surface area contributed by atoms with E-state index < -0.39 is 12.0 Å². The van der Waals surface area contributed by atoms with Crippen molar-refractivity contribution in [3.63, 3.8) is 0 Å². The number of hydrogen-bond acceptors (Lipinski definition) is 5. The van der Waals surface area contributed by atoms with Gasteiger partial charge in [-0.25, -0.2) is 8.78 Å². The molecule has 1 fully saturated rings. The van der Waals surface area contributed by atoms with Gasteiger partial charge in [-0.3, -0.25) is 9.88 Å². The number of nitrogens with one attached hydrogen (secondary N) is 1. The number of nitrogens with zero attached hydrogens (tertiary/aromatic N) is 3. The maximum Gasteiger partial charge on any atom is 0.280 e. The molecule has 0 spiro atoms. The molecule has 1 unspecified atom stereocenters. The van der Waals surface area contributed by atoms with E-state index in [9.17, 15) is 8.78 Å². The Bertz CT molecular complexity index is 965. The van der Waals surface area contributed by atoms with Crippen LogP contribution in [-0.4, -0.2) is 54.6 Å². The summed E-state index contributed by atoms with van der Waals surface area (Å²) < 4.78 is 28.7. The van der Waals surface area contributed by atoms with Crippen molar-refractivity contribution in [1.82, 2.24) is 15.2 Å². The fraction of sp³-hybridized carbons (Fsp3) is 0.560. The fourth-order valence-electron chi connectivity index (χ4n) is 5.67. The number of anilines is 1. The molecule has 3 atom stereocenters. The van der Waals surface area contributed by atoms with Crippen molar-refractivity contribution in [2.24, 2.45) is 5.73 Å². The topological polar surface area (TPSA) is 57.4 Å². The van der Waals surface area contributed by atoms with Gasteiger partial charge in [-0.15, -0.1) is 0 Å². The van der Waals surface area contributed by atoms with Crippen LogP contribution in [0.3, 0.4) is 0 Å². The summed E-state index contributed by atoms with van der Waals surface area (Å²) in [5.74, 6) is -2.85. The number of hydrogen-bond donors (Lipinski definition) is 2. The molecular weight excluding hydrogens is 408 g/mol. The minimum atomic E-state index is -2.85. The highest BCUT2D eigenvalue weighted by Gasteiger charge is 2.43. The Labute approximate surface area is 189 Å². The van der Waals surface area contributed by atoms with Gasteiger partial charge in [0, 0.05) is 37.6 Å². The van der Waals surface area contributed by atoms with Crippen LogP contribution in [0.2, 0.25) is 0 Å². The van der Waals surface area contributed by atoms with E-state index in [-0.39, 0.29) is 12.6 Å². The minimum absolute atomic E-state index is 0.273. The van der Waals surface area contributed by atoms with Crippen molar-refractivity contribution >= 4 is 5.69 Å². The van der Waals surface area contributed by atoms with Gasteiger partial charge in [0.25, 0.3) is 5.92 Å². The Morgan fingerprint density at radius 1 is 1.22 bits per heavy atom. The number of fused-ring (bicyclic) bond motifs is 2. The summed E-state index contributed by atoms with van der Waals surface area (Å²) in [4.78, 5) is 8.96. The summed E-state index contributed by atoms with van der Waals surface area (Å²) in [5.41, 5.74) is 11.6. The summed E-state index contributed by atoms with van der Waals surface area (Å²) in [6, 6.07) is 9.88. The molecule has 2 aromatic rings. The maximum absolute atomic E-state index is 14.4. The third-order valence-corrected chi connectivity index (χ3v) is 7.48. The molecule has 5 nitrogen and oxygen atoms in total. The first-order valence-electron chi connectivity index (χ1n) is 11.8. The van der Waals surface area contributed by atoms with Crippen LogP contribution in [0.1, 0.15) is 47.7 Å². The number of piperidine rings is 1. The van der Waals surface area contributed by atoms with Gasteiger partial charge < -0.3 is 16.0 Å². The van der Waals surface area contributed by atoms with E-state index >= 15 is 0 Å². The Balaban J connectivity index is 1.32. The maximum atomic E-state index is 14.4. The highest BCUT2D eigenvalue weighted by molar-refractivity contribution is 5.58. The molecule has 1 aromatic heterocycles. The second kappa shape index (κ2) is 8.69. The highest BCUT2D eigenvalue weighted by Crippen LogP contribution is 2.35. The molecule has 0 radical (unpaired) electrons. The average Bonchev–Trinajstić information content (AvgIpc) is 2.80. The first-order chi connectivity index (χ1) is 15.4. The summed E-state index contributed by atoms with van der Waals surface area (Å²) in [5, 5.41) is 3.67. The third kappa shape index (κ3) is 4.14. The fourth-order valence-corrected chi connectivity index (χ4v) is 5.67. The predicted octanol–water partition coefficient (Wildman–Crippen LogP) is 3.28. The molecule has 1 aliphatic carbocycles. The van der Waals surface area contributed by atoms with E-state index in [4.69, 9.17) is 10.7 Å². The second-order valence-corrected chi connectivity index (χ2v) is 9.67. The number of likely N-dealkylation sites (N-methyl/N-ethyl adjacent to an activating group) is 1. The lowest BCUT2D eigenvalue weighted by atomic mass is 9.89. The molecular formula is C25H33F2N5. The highest BCUT2D eigenvalue weighted by atomic mass is 19.3. The van der Waals surface area contributed by atoms with Crippen LogP contribution in [0.5, 0.6) is 0 Å². The van der Waals surface area contributed by atoms with Gasteiger partial charge in [-0.1, -0.05) is 18.2 Å². The lowest BCUT2D eigenvalue weighted by Crippen LogP contribution is -2.55. The number of halogens is 2. The molecule has 32 heavy (non-hydrogen) atoms. The van der Waals surface area contributed by atoms with E-state index in [1.54, 1.807) is 0 Å². The van der Waals surface area contributed by atoms with E-state index in [0.29, 0.717) is 19.0 Å². The van der Waals surface area contributed by atoms with Crippen molar-refractivity contribution < 1.29 is 8.78 Å². The molecule has 1 aromatic carbocycles. The molecule has 172 valence electrons. The van der Waals surface area contributed by atoms with Crippen molar-refractivity contribution in [3.8, 4) is 0 Å². The molecule has 5 rings (SSSR count). The van der Waals surface area contributed by atoms with Gasteiger partial charge >= 0.3 is 0 Å². The number of aromatic nitrogens is 1. The third-order valence-electron chi connectivity index (χ3n) is 7.48. The van der Waals surface area contributed by atoms with Gasteiger partial charge in [-0.2, -0.15) is 0 Å². The normalized spacial score (nSPS) is 27.2. The molecule has 3 aliphatic rings. The monoisotopic (exact) mass is 441 g/mol. The predicted molar refractivity (Wildman–Crippen MR) is 123 cm³/mol. The van der Waals surface area contributed by atoms with Crippen molar-refractivity contribution in [3.05, 3.63) is 58.9 Å². The van der Waals surface area contributed by atoms with Crippen LogP contribution >= 0.6 is 0 Å². The quantitative estimate of drug-likeness (QED) is 0.763. The largest absolute Gasteiger partial charge is 0.365 e. The number of pyridine rings is 1. The summed E-state index contributed by atoms with van der Waals surface area (Å²) in [6.07, 6.45) is 6.46. The van der Waals surface area contributed by atoms with E-state index in [1.165, 1.54) is 28.8 Å². The van der Waals surface area contributed by atoms with Crippen molar-refractivity contribution in [1.29, 1.82) is 0 Å². The number of benzene rings is 1. The number of alkyl halides is 2. The van der Waals surface area contributed by atoms with E-state index in [1.807, 2.05) is 29.3 Å². The molecule has 7 heteroatoms. The van der Waals surface area contributed by atoms with Crippen LogP contribution in [0.25, 0.3) is 0 Å². The zero-order valence-electron chi connectivity index (χ0n) is 18.7. The Morgan fingerprint density at radius 2 is 2.06 bits per heavy atom. The summed E-state index contributed by atoms with van der Waals surface area (Å²) >= 11 is 0. The van der Waals surface area contributed by atoms with E-state index in [0.717, 1.165) is 38.0 Å². The standard InChI is InChI=1S/C25H33F2N5/c1-31(22-9-2-5-17-7-4-11-29-24(17)22)15-19-13-20-18(14-30-19)6-3-8-21(20)32-12-10-23(28)25(26,27)16-32/h3-4,6-8,11,19,22-23,30H,2,5,9-10,12-16,28H2,1H3/t19-,22-,23?/m0/s1. The Morgan fingerprint density at radius 3 is 2.91 bits per heavy atom. The van der Waals surface area contributed by atoms with Crippen molar-refractivity contribution in [2.45, 2.75) is 62.7 Å². The van der Waals surface area contributed by atoms with Crippen molar-refractivity contribution in [2.75, 3.05) is 31.6 Å². The first-order valence-corrected chi connectivity index (χ1v) is 11.8. The molecule has 3 N–H and O–H groups in total. The second-order valence-electron chi connectivity index (χ2n) is 9.67. The first kappa shape index (κ1) is 21.7. The van der Waals surface area contributed by atoms with Crippen LogP contribution in [0.15, 0.2) is 36.5 Å². The van der Waals surface area contributed by atoms with E-state index in [2.05, 4.69) is 29.4 Å². The lowest BCUT2D eigenvalue weighted by Gasteiger charge is -2.41. The molecule has 1 saturated heterocycles. The lowest BCUT2D eigenvalue weighted by molar-refractivity contribution is -0.0300. The Kier molecular flexibility index (Phi) is 5.90. The molecule has 0 saturated carbocycles. The summed E-state index contributed by atoms with van der Waals surface area (Å²) in [6.45, 7) is 1.95.